The minimum atomic E-state index is 0.325. The number of hydrogen-bond acceptors (Lipinski definition) is 5. The predicted molar refractivity (Wildman–Crippen MR) is 61.1 cm³/mol. The Morgan fingerprint density at radius 3 is 2.88 bits per heavy atom. The molecule has 1 N–H and O–H groups in total. The molecule has 0 aliphatic heterocycles. The van der Waals surface area contributed by atoms with Gasteiger partial charge in [0.25, 0.3) is 0 Å². The zero-order valence-electron chi connectivity index (χ0n) is 9.80. The molecule has 0 atom stereocenters. The van der Waals surface area contributed by atoms with Crippen LogP contribution >= 0.6 is 0 Å². The molecule has 0 saturated carbocycles. The zero-order valence-corrected chi connectivity index (χ0v) is 9.80. The Bertz CT molecular complexity index is 469. The van der Waals surface area contributed by atoms with E-state index in [1.807, 2.05) is 12.1 Å². The van der Waals surface area contributed by atoms with Gasteiger partial charge in [0.2, 0.25) is 0 Å². The van der Waals surface area contributed by atoms with Crippen molar-refractivity contribution in [2.45, 2.75) is 27.2 Å². The van der Waals surface area contributed by atoms with Crippen LogP contribution in [0.25, 0.3) is 5.65 Å². The van der Waals surface area contributed by atoms with Gasteiger partial charge in [0.15, 0.2) is 5.65 Å². The number of rotatable bonds is 3. The van der Waals surface area contributed by atoms with Crippen molar-refractivity contribution in [3.05, 3.63) is 12.1 Å². The van der Waals surface area contributed by atoms with Crippen molar-refractivity contribution >= 4 is 11.5 Å². The molecule has 2 heterocycles. The highest BCUT2D eigenvalue weighted by molar-refractivity contribution is 5.41. The summed E-state index contributed by atoms with van der Waals surface area (Å²) >= 11 is 0. The first-order valence-electron chi connectivity index (χ1n) is 5.34. The Morgan fingerprint density at radius 2 is 2.12 bits per heavy atom. The number of anilines is 1. The van der Waals surface area contributed by atoms with Crippen molar-refractivity contribution in [2.24, 2.45) is 5.41 Å². The summed E-state index contributed by atoms with van der Waals surface area (Å²) in [5.41, 5.74) is 0.979. The molecule has 0 radical (unpaired) electrons. The van der Waals surface area contributed by atoms with E-state index >= 15 is 0 Å². The first kappa shape index (κ1) is 10.8. The molecule has 2 aromatic rings. The van der Waals surface area contributed by atoms with Crippen LogP contribution in [0.3, 0.4) is 0 Å². The lowest BCUT2D eigenvalue weighted by molar-refractivity contribution is 0.389. The lowest BCUT2D eigenvalue weighted by atomic mass is 9.92. The lowest BCUT2D eigenvalue weighted by Gasteiger charge is -2.18. The number of tetrazole rings is 1. The van der Waals surface area contributed by atoms with Crippen molar-refractivity contribution in [1.82, 2.24) is 25.3 Å². The van der Waals surface area contributed by atoms with Gasteiger partial charge in [0.05, 0.1) is 0 Å². The minimum absolute atomic E-state index is 0.325. The highest BCUT2D eigenvalue weighted by Gasteiger charge is 2.09. The molecule has 2 aromatic heterocycles. The Hall–Kier alpha value is -1.72. The fourth-order valence-electron chi connectivity index (χ4n) is 1.31. The third-order valence-corrected chi connectivity index (χ3v) is 2.25. The fourth-order valence-corrected chi connectivity index (χ4v) is 1.31. The highest BCUT2D eigenvalue weighted by Crippen LogP contribution is 2.18. The van der Waals surface area contributed by atoms with E-state index < -0.39 is 0 Å². The molecule has 0 bridgehead atoms. The monoisotopic (exact) mass is 220 g/mol. The molecule has 2 rings (SSSR count). The van der Waals surface area contributed by atoms with Crippen molar-refractivity contribution in [2.75, 3.05) is 11.9 Å². The fraction of sp³-hybridized carbons (Fsp3) is 0.600. The Balaban J connectivity index is 1.99. The molecule has 0 aliphatic carbocycles. The average molecular weight is 220 g/mol. The van der Waals surface area contributed by atoms with E-state index in [-0.39, 0.29) is 0 Å². The minimum Gasteiger partial charge on any atom is -0.369 e. The second-order valence-electron chi connectivity index (χ2n) is 4.98. The molecule has 6 heteroatoms. The van der Waals surface area contributed by atoms with Crippen LogP contribution in [-0.2, 0) is 0 Å². The quantitative estimate of drug-likeness (QED) is 0.846. The van der Waals surface area contributed by atoms with Crippen LogP contribution in [0.1, 0.15) is 27.2 Å². The maximum atomic E-state index is 4.22. The average Bonchev–Trinajstić information content (AvgIpc) is 2.62. The van der Waals surface area contributed by atoms with Gasteiger partial charge >= 0.3 is 0 Å². The van der Waals surface area contributed by atoms with E-state index in [9.17, 15) is 0 Å². The molecular weight excluding hydrogens is 204 g/mol. The number of nitrogens with one attached hydrogen (secondary N) is 1. The van der Waals surface area contributed by atoms with E-state index in [4.69, 9.17) is 0 Å². The largest absolute Gasteiger partial charge is 0.369 e. The molecule has 0 amide bonds. The maximum absolute atomic E-state index is 4.22. The maximum Gasteiger partial charge on any atom is 0.200 e. The van der Waals surface area contributed by atoms with E-state index in [1.54, 1.807) is 0 Å². The second-order valence-corrected chi connectivity index (χ2v) is 4.98. The molecule has 86 valence electrons. The number of hydrogen-bond donors (Lipinski definition) is 1. The normalized spacial score (nSPS) is 11.9. The zero-order chi connectivity index (χ0) is 11.6. The summed E-state index contributed by atoms with van der Waals surface area (Å²) in [5.74, 6) is 0.795. The van der Waals surface area contributed by atoms with Crippen LogP contribution in [0.15, 0.2) is 12.1 Å². The first-order valence-corrected chi connectivity index (χ1v) is 5.34. The smallest absolute Gasteiger partial charge is 0.200 e. The second kappa shape index (κ2) is 4.03. The van der Waals surface area contributed by atoms with Crippen LogP contribution in [0, 0.1) is 5.41 Å². The Labute approximate surface area is 94.0 Å². The summed E-state index contributed by atoms with van der Waals surface area (Å²) in [7, 11) is 0. The topological polar surface area (TPSA) is 68.0 Å². The molecule has 16 heavy (non-hydrogen) atoms. The van der Waals surface area contributed by atoms with Gasteiger partial charge < -0.3 is 5.32 Å². The van der Waals surface area contributed by atoms with Crippen LogP contribution in [0.2, 0.25) is 0 Å². The summed E-state index contributed by atoms with van der Waals surface area (Å²) in [6, 6.07) is 3.72. The van der Waals surface area contributed by atoms with Gasteiger partial charge in [0.1, 0.15) is 5.82 Å². The SMILES string of the molecule is CC(C)(C)CCNc1ccc2nnnn2n1. The summed E-state index contributed by atoms with van der Waals surface area (Å²) in [6.45, 7) is 7.54. The molecule has 0 spiro atoms. The van der Waals surface area contributed by atoms with Crippen LogP contribution in [0.4, 0.5) is 5.82 Å². The van der Waals surface area contributed by atoms with Crippen molar-refractivity contribution in [3.63, 3.8) is 0 Å². The third-order valence-electron chi connectivity index (χ3n) is 2.25. The number of aromatic nitrogens is 5. The van der Waals surface area contributed by atoms with Crippen molar-refractivity contribution < 1.29 is 0 Å². The van der Waals surface area contributed by atoms with Gasteiger partial charge in [-0.3, -0.25) is 0 Å². The number of nitrogens with zero attached hydrogens (tertiary/aromatic N) is 5. The van der Waals surface area contributed by atoms with Gasteiger partial charge in [-0.15, -0.1) is 14.8 Å². The predicted octanol–water partition coefficient (Wildman–Crippen LogP) is 1.37. The van der Waals surface area contributed by atoms with Gasteiger partial charge in [-0.25, -0.2) is 0 Å². The summed E-state index contributed by atoms with van der Waals surface area (Å²) in [5, 5.41) is 18.5. The van der Waals surface area contributed by atoms with Crippen LogP contribution in [0.5, 0.6) is 0 Å². The Kier molecular flexibility index (Phi) is 2.72. The highest BCUT2D eigenvalue weighted by atomic mass is 15.6. The lowest BCUT2D eigenvalue weighted by Crippen LogP contribution is -2.14. The molecule has 0 fully saturated rings. The van der Waals surface area contributed by atoms with Crippen molar-refractivity contribution in [1.29, 1.82) is 0 Å². The van der Waals surface area contributed by atoms with Crippen molar-refractivity contribution in [3.8, 4) is 0 Å². The summed E-state index contributed by atoms with van der Waals surface area (Å²) in [4.78, 5) is 0. The Morgan fingerprint density at radius 1 is 1.31 bits per heavy atom. The third kappa shape index (κ3) is 2.65. The number of fused-ring (bicyclic) bond motifs is 1. The molecule has 6 nitrogen and oxygen atoms in total. The first-order chi connectivity index (χ1) is 7.54. The van der Waals surface area contributed by atoms with E-state index in [0.29, 0.717) is 11.1 Å². The standard InChI is InChI=1S/C10H16N6/c1-10(2,3)6-7-11-8-4-5-9-12-14-15-16(9)13-8/h4-5H,6-7H2,1-3H3,(H,11,13). The molecule has 0 unspecified atom stereocenters. The van der Waals surface area contributed by atoms with E-state index in [1.165, 1.54) is 4.63 Å². The van der Waals surface area contributed by atoms with Crippen LogP contribution in [-0.4, -0.2) is 31.8 Å². The van der Waals surface area contributed by atoms with Gasteiger partial charge in [-0.2, -0.15) is 0 Å². The van der Waals surface area contributed by atoms with Crippen LogP contribution < -0.4 is 5.32 Å². The molecular formula is C10H16N6. The van der Waals surface area contributed by atoms with Gasteiger partial charge in [0, 0.05) is 6.54 Å². The summed E-state index contributed by atoms with van der Waals surface area (Å²) in [6.07, 6.45) is 1.09. The van der Waals surface area contributed by atoms with E-state index in [0.717, 1.165) is 18.8 Å². The summed E-state index contributed by atoms with van der Waals surface area (Å²) < 4.78 is 1.42. The van der Waals surface area contributed by atoms with E-state index in [2.05, 4.69) is 46.7 Å². The van der Waals surface area contributed by atoms with Gasteiger partial charge in [-0.1, -0.05) is 20.8 Å². The molecule has 0 aliphatic rings. The van der Waals surface area contributed by atoms with Gasteiger partial charge in [-0.05, 0) is 34.4 Å². The molecule has 0 aromatic carbocycles. The molecule has 0 saturated heterocycles.